The molecule has 1 aromatic carbocycles. The van der Waals surface area contributed by atoms with E-state index in [2.05, 4.69) is 21.7 Å². The molecule has 4 heteroatoms. The molecule has 0 bridgehead atoms. The van der Waals surface area contributed by atoms with Gasteiger partial charge in [0.05, 0.1) is 18.0 Å². The van der Waals surface area contributed by atoms with Crippen LogP contribution in [0, 0.1) is 6.92 Å². The Balaban J connectivity index is 2.12. The number of benzene rings is 1. The summed E-state index contributed by atoms with van der Waals surface area (Å²) in [5, 5.41) is 0. The number of hydrogen-bond donors (Lipinski definition) is 1. The average molecular weight is 243 g/mol. The minimum atomic E-state index is 0.500. The van der Waals surface area contributed by atoms with Gasteiger partial charge in [-0.25, -0.2) is 4.98 Å². The monoisotopic (exact) mass is 243 g/mol. The van der Waals surface area contributed by atoms with E-state index in [0.29, 0.717) is 6.54 Å². The summed E-state index contributed by atoms with van der Waals surface area (Å²) in [5.74, 6) is 1.99. The highest BCUT2D eigenvalue weighted by Gasteiger charge is 2.17. The summed E-state index contributed by atoms with van der Waals surface area (Å²) in [7, 11) is 2.00. The predicted octanol–water partition coefficient (Wildman–Crippen LogP) is 1.79. The van der Waals surface area contributed by atoms with E-state index in [-0.39, 0.29) is 0 Å². The van der Waals surface area contributed by atoms with Crippen LogP contribution in [-0.2, 0) is 20.0 Å². The minimum absolute atomic E-state index is 0.500. The molecule has 0 fully saturated rings. The molecule has 0 radical (unpaired) electrons. The van der Waals surface area contributed by atoms with Crippen molar-refractivity contribution >= 4 is 0 Å². The molecule has 2 N–H and O–H groups in total. The van der Waals surface area contributed by atoms with Crippen molar-refractivity contribution < 1.29 is 4.74 Å². The van der Waals surface area contributed by atoms with Gasteiger partial charge in [-0.1, -0.05) is 0 Å². The third kappa shape index (κ3) is 1.61. The molecule has 1 aliphatic rings. The van der Waals surface area contributed by atoms with Crippen LogP contribution in [0.15, 0.2) is 18.2 Å². The first-order valence-electron chi connectivity index (χ1n) is 6.19. The average Bonchev–Trinajstić information content (AvgIpc) is 2.94. The van der Waals surface area contributed by atoms with Crippen LogP contribution in [0.25, 0.3) is 11.3 Å². The lowest BCUT2D eigenvalue weighted by molar-refractivity contribution is 0.357. The normalized spacial score (nSPS) is 13.5. The van der Waals surface area contributed by atoms with E-state index in [4.69, 9.17) is 10.5 Å². The third-order valence-corrected chi connectivity index (χ3v) is 3.59. The second kappa shape index (κ2) is 4.14. The maximum absolute atomic E-state index is 5.83. The molecular formula is C14H17N3O. The Kier molecular flexibility index (Phi) is 2.59. The van der Waals surface area contributed by atoms with Crippen molar-refractivity contribution in [2.24, 2.45) is 12.8 Å². The van der Waals surface area contributed by atoms with Crippen LogP contribution < -0.4 is 10.5 Å². The van der Waals surface area contributed by atoms with E-state index >= 15 is 0 Å². The number of nitrogens with zero attached hydrogens (tertiary/aromatic N) is 2. The van der Waals surface area contributed by atoms with Crippen LogP contribution in [0.2, 0.25) is 0 Å². The molecule has 0 aliphatic carbocycles. The molecule has 18 heavy (non-hydrogen) atoms. The van der Waals surface area contributed by atoms with Crippen molar-refractivity contribution in [2.45, 2.75) is 19.9 Å². The summed E-state index contributed by atoms with van der Waals surface area (Å²) in [5.41, 5.74) is 10.3. The molecule has 0 spiro atoms. The highest BCUT2D eigenvalue weighted by molar-refractivity contribution is 5.65. The van der Waals surface area contributed by atoms with E-state index < -0.39 is 0 Å². The molecule has 4 nitrogen and oxygen atoms in total. The number of rotatable bonds is 2. The zero-order chi connectivity index (χ0) is 12.7. The molecule has 1 aromatic heterocycles. The van der Waals surface area contributed by atoms with Gasteiger partial charge >= 0.3 is 0 Å². The molecule has 3 rings (SSSR count). The van der Waals surface area contributed by atoms with E-state index in [1.165, 1.54) is 5.56 Å². The van der Waals surface area contributed by atoms with Crippen molar-refractivity contribution in [3.05, 3.63) is 35.3 Å². The van der Waals surface area contributed by atoms with Crippen LogP contribution in [0.3, 0.4) is 0 Å². The molecule has 0 amide bonds. The van der Waals surface area contributed by atoms with Crippen LogP contribution in [0.1, 0.15) is 17.1 Å². The van der Waals surface area contributed by atoms with Crippen LogP contribution >= 0.6 is 0 Å². The molecule has 2 heterocycles. The third-order valence-electron chi connectivity index (χ3n) is 3.59. The lowest BCUT2D eigenvalue weighted by Gasteiger charge is -2.05. The predicted molar refractivity (Wildman–Crippen MR) is 70.5 cm³/mol. The lowest BCUT2D eigenvalue weighted by atomic mass is 10.0. The fraction of sp³-hybridized carbons (Fsp3) is 0.357. The van der Waals surface area contributed by atoms with Crippen LogP contribution in [0.5, 0.6) is 5.75 Å². The largest absolute Gasteiger partial charge is 0.493 e. The lowest BCUT2D eigenvalue weighted by Crippen LogP contribution is -2.05. The Morgan fingerprint density at radius 1 is 1.44 bits per heavy atom. The van der Waals surface area contributed by atoms with Gasteiger partial charge in [0, 0.05) is 25.6 Å². The van der Waals surface area contributed by atoms with E-state index in [1.807, 2.05) is 20.0 Å². The fourth-order valence-corrected chi connectivity index (χ4v) is 2.45. The summed E-state index contributed by atoms with van der Waals surface area (Å²) in [4.78, 5) is 4.62. The first-order valence-corrected chi connectivity index (χ1v) is 6.19. The van der Waals surface area contributed by atoms with Gasteiger partial charge in [0.15, 0.2) is 0 Å². The zero-order valence-electron chi connectivity index (χ0n) is 10.7. The van der Waals surface area contributed by atoms with E-state index in [9.17, 15) is 0 Å². The molecule has 1 aliphatic heterocycles. The number of fused-ring (bicyclic) bond motifs is 1. The Bertz CT molecular complexity index is 601. The minimum Gasteiger partial charge on any atom is -0.493 e. The van der Waals surface area contributed by atoms with Crippen molar-refractivity contribution in [1.82, 2.24) is 9.55 Å². The number of hydrogen-bond acceptors (Lipinski definition) is 3. The van der Waals surface area contributed by atoms with E-state index in [1.54, 1.807) is 0 Å². The summed E-state index contributed by atoms with van der Waals surface area (Å²) in [6.45, 7) is 3.28. The highest BCUT2D eigenvalue weighted by Crippen LogP contribution is 2.31. The van der Waals surface area contributed by atoms with Gasteiger partial charge in [0.25, 0.3) is 0 Å². The zero-order valence-corrected chi connectivity index (χ0v) is 10.7. The second-order valence-electron chi connectivity index (χ2n) is 4.64. The molecular weight excluding hydrogens is 226 g/mol. The first kappa shape index (κ1) is 11.3. The van der Waals surface area contributed by atoms with Gasteiger partial charge in [0.2, 0.25) is 0 Å². The second-order valence-corrected chi connectivity index (χ2v) is 4.64. The standard InChI is InChI=1S/C14H17N3O/c1-9-16-14(12(8-15)17(9)2)11-3-4-13-10(7-11)5-6-18-13/h3-4,7H,5-6,8,15H2,1-2H3. The fourth-order valence-electron chi connectivity index (χ4n) is 2.45. The Morgan fingerprint density at radius 3 is 3.06 bits per heavy atom. The van der Waals surface area contributed by atoms with Gasteiger partial charge in [0.1, 0.15) is 11.6 Å². The van der Waals surface area contributed by atoms with Crippen molar-refractivity contribution in [1.29, 1.82) is 0 Å². The molecule has 0 saturated carbocycles. The molecule has 0 saturated heterocycles. The Hall–Kier alpha value is -1.81. The Morgan fingerprint density at radius 2 is 2.28 bits per heavy atom. The molecule has 0 atom stereocenters. The van der Waals surface area contributed by atoms with Gasteiger partial charge in [-0.2, -0.15) is 0 Å². The number of imidazole rings is 1. The number of aromatic nitrogens is 2. The number of nitrogens with two attached hydrogens (primary N) is 1. The Labute approximate surface area is 106 Å². The highest BCUT2D eigenvalue weighted by atomic mass is 16.5. The summed E-state index contributed by atoms with van der Waals surface area (Å²) < 4.78 is 7.58. The topological polar surface area (TPSA) is 53.1 Å². The quantitative estimate of drug-likeness (QED) is 0.875. The molecule has 0 unspecified atom stereocenters. The van der Waals surface area contributed by atoms with Crippen molar-refractivity contribution in [3.63, 3.8) is 0 Å². The van der Waals surface area contributed by atoms with Crippen molar-refractivity contribution in [3.8, 4) is 17.0 Å². The number of ether oxygens (including phenoxy) is 1. The molecule has 2 aromatic rings. The van der Waals surface area contributed by atoms with Gasteiger partial charge in [-0.3, -0.25) is 0 Å². The summed E-state index contributed by atoms with van der Waals surface area (Å²) in [6.07, 6.45) is 0.979. The van der Waals surface area contributed by atoms with Crippen LogP contribution in [0.4, 0.5) is 0 Å². The van der Waals surface area contributed by atoms with Gasteiger partial charge in [-0.05, 0) is 30.7 Å². The maximum Gasteiger partial charge on any atom is 0.122 e. The smallest absolute Gasteiger partial charge is 0.122 e. The van der Waals surface area contributed by atoms with Crippen LogP contribution in [-0.4, -0.2) is 16.2 Å². The van der Waals surface area contributed by atoms with Crippen molar-refractivity contribution in [2.75, 3.05) is 6.61 Å². The first-order chi connectivity index (χ1) is 8.70. The summed E-state index contributed by atoms with van der Waals surface area (Å²) in [6, 6.07) is 6.26. The van der Waals surface area contributed by atoms with Gasteiger partial charge in [-0.15, -0.1) is 0 Å². The van der Waals surface area contributed by atoms with E-state index in [0.717, 1.165) is 41.6 Å². The number of aryl methyl sites for hydroxylation is 1. The summed E-state index contributed by atoms with van der Waals surface area (Å²) >= 11 is 0. The molecule has 94 valence electrons. The van der Waals surface area contributed by atoms with Gasteiger partial charge < -0.3 is 15.0 Å². The maximum atomic E-state index is 5.83. The SMILES string of the molecule is Cc1nc(-c2ccc3c(c2)CCO3)c(CN)n1C.